The van der Waals surface area contributed by atoms with E-state index in [2.05, 4.69) is 20.6 Å². The molecule has 0 radical (unpaired) electrons. The summed E-state index contributed by atoms with van der Waals surface area (Å²) in [6, 6.07) is 2.61. The van der Waals surface area contributed by atoms with Crippen molar-refractivity contribution in [2.75, 3.05) is 5.32 Å². The van der Waals surface area contributed by atoms with Gasteiger partial charge in [0.1, 0.15) is 5.69 Å². The molecule has 2 aromatic rings. The lowest BCUT2D eigenvalue weighted by Gasteiger charge is -2.00. The lowest BCUT2D eigenvalue weighted by atomic mass is 10.3. The molecular weight excluding hydrogens is 222 g/mol. The zero-order valence-electron chi connectivity index (χ0n) is 9.17. The monoisotopic (exact) mass is 233 g/mol. The average molecular weight is 233 g/mol. The van der Waals surface area contributed by atoms with E-state index >= 15 is 0 Å². The summed E-state index contributed by atoms with van der Waals surface area (Å²) in [6.45, 7) is 2.68. The van der Waals surface area contributed by atoms with Crippen molar-refractivity contribution in [2.24, 2.45) is 0 Å². The van der Waals surface area contributed by atoms with Gasteiger partial charge < -0.3 is 5.32 Å². The molecule has 1 amide bonds. The molecule has 0 aliphatic heterocycles. The number of hydrogen-bond donors (Lipinski definition) is 2. The van der Waals surface area contributed by atoms with Crippen molar-refractivity contribution < 1.29 is 4.79 Å². The first-order chi connectivity index (χ1) is 8.19. The lowest BCUT2D eigenvalue weighted by Crippen LogP contribution is -2.17. The minimum atomic E-state index is -0.392. The van der Waals surface area contributed by atoms with Crippen molar-refractivity contribution in [1.82, 2.24) is 20.0 Å². The molecule has 0 fully saturated rings. The highest BCUT2D eigenvalue weighted by molar-refractivity contribution is 6.02. The Labute approximate surface area is 96.5 Å². The quantitative estimate of drug-likeness (QED) is 0.794. The standard InChI is InChI=1S/C10H11N5O2/c1-2-15-6-7(5-11-15)12-10(17)8-3-4-9(16)14-13-8/h3-6H,2H2,1H3,(H,12,17)(H,14,16). The Kier molecular flexibility index (Phi) is 2.99. The summed E-state index contributed by atoms with van der Waals surface area (Å²) in [5.74, 6) is -0.392. The van der Waals surface area contributed by atoms with Gasteiger partial charge in [0, 0.05) is 18.8 Å². The van der Waals surface area contributed by atoms with E-state index in [0.717, 1.165) is 6.54 Å². The van der Waals surface area contributed by atoms with Crippen LogP contribution in [0.15, 0.2) is 29.3 Å². The first-order valence-corrected chi connectivity index (χ1v) is 5.08. The number of rotatable bonds is 3. The fourth-order valence-electron chi connectivity index (χ4n) is 1.27. The number of aromatic amines is 1. The van der Waals surface area contributed by atoms with Gasteiger partial charge in [-0.1, -0.05) is 0 Å². The van der Waals surface area contributed by atoms with E-state index in [9.17, 15) is 9.59 Å². The maximum atomic E-state index is 11.7. The van der Waals surface area contributed by atoms with Crippen molar-refractivity contribution in [3.8, 4) is 0 Å². The van der Waals surface area contributed by atoms with Crippen molar-refractivity contribution in [3.05, 3.63) is 40.6 Å². The molecule has 88 valence electrons. The van der Waals surface area contributed by atoms with Gasteiger partial charge in [-0.25, -0.2) is 5.10 Å². The van der Waals surface area contributed by atoms with E-state index in [1.54, 1.807) is 17.1 Å². The van der Waals surface area contributed by atoms with Gasteiger partial charge in [-0.05, 0) is 13.0 Å². The molecule has 2 heterocycles. The number of carbonyl (C=O) groups excluding carboxylic acids is 1. The fourth-order valence-corrected chi connectivity index (χ4v) is 1.27. The zero-order valence-corrected chi connectivity index (χ0v) is 9.17. The summed E-state index contributed by atoms with van der Waals surface area (Å²) in [4.78, 5) is 22.5. The SMILES string of the molecule is CCn1cc(NC(=O)c2ccc(=O)[nH]n2)cn1. The molecular formula is C10H11N5O2. The van der Waals surface area contributed by atoms with E-state index in [1.807, 2.05) is 6.92 Å². The molecule has 0 unspecified atom stereocenters. The first-order valence-electron chi connectivity index (χ1n) is 5.08. The number of H-pyrrole nitrogens is 1. The maximum Gasteiger partial charge on any atom is 0.276 e. The van der Waals surface area contributed by atoms with Crippen LogP contribution in [0.25, 0.3) is 0 Å². The third-order valence-corrected chi connectivity index (χ3v) is 2.13. The number of nitrogens with one attached hydrogen (secondary N) is 2. The largest absolute Gasteiger partial charge is 0.318 e. The van der Waals surface area contributed by atoms with E-state index in [0.29, 0.717) is 5.69 Å². The molecule has 2 aromatic heterocycles. The molecule has 7 nitrogen and oxygen atoms in total. The number of amides is 1. The van der Waals surface area contributed by atoms with Crippen LogP contribution in [0.4, 0.5) is 5.69 Å². The lowest BCUT2D eigenvalue weighted by molar-refractivity contribution is 0.102. The summed E-state index contributed by atoms with van der Waals surface area (Å²) in [6.07, 6.45) is 3.26. The Bertz CT molecular complexity index is 566. The van der Waals surface area contributed by atoms with Gasteiger partial charge in [0.15, 0.2) is 0 Å². The van der Waals surface area contributed by atoms with Gasteiger partial charge in [-0.2, -0.15) is 10.2 Å². The summed E-state index contributed by atoms with van der Waals surface area (Å²) < 4.78 is 1.69. The van der Waals surface area contributed by atoms with E-state index in [4.69, 9.17) is 0 Å². The van der Waals surface area contributed by atoms with Gasteiger partial charge in [0.25, 0.3) is 11.5 Å². The molecule has 0 aromatic carbocycles. The topological polar surface area (TPSA) is 92.7 Å². The minimum Gasteiger partial charge on any atom is -0.318 e. The summed E-state index contributed by atoms with van der Waals surface area (Å²) >= 11 is 0. The minimum absolute atomic E-state index is 0.147. The van der Waals surface area contributed by atoms with Crippen LogP contribution in [-0.4, -0.2) is 25.9 Å². The van der Waals surface area contributed by atoms with Gasteiger partial charge in [0.2, 0.25) is 0 Å². The van der Waals surface area contributed by atoms with E-state index in [1.165, 1.54) is 12.1 Å². The summed E-state index contributed by atoms with van der Waals surface area (Å²) in [5, 5.41) is 12.5. The van der Waals surface area contributed by atoms with Gasteiger partial charge in [0.05, 0.1) is 11.9 Å². The molecule has 0 aliphatic rings. The number of nitrogens with zero attached hydrogens (tertiary/aromatic N) is 3. The molecule has 0 bridgehead atoms. The predicted molar refractivity (Wildman–Crippen MR) is 60.7 cm³/mol. The average Bonchev–Trinajstić information content (AvgIpc) is 2.77. The van der Waals surface area contributed by atoms with Gasteiger partial charge >= 0.3 is 0 Å². The van der Waals surface area contributed by atoms with Gasteiger partial charge in [-0.15, -0.1) is 0 Å². The van der Waals surface area contributed by atoms with Crippen LogP contribution in [0.3, 0.4) is 0 Å². The molecule has 0 atom stereocenters. The Balaban J connectivity index is 2.11. The van der Waals surface area contributed by atoms with Gasteiger partial charge in [-0.3, -0.25) is 14.3 Å². The molecule has 2 rings (SSSR count). The predicted octanol–water partition coefficient (Wildman–Crippen LogP) is 0.239. The Morgan fingerprint density at radius 3 is 2.94 bits per heavy atom. The number of carbonyl (C=O) groups is 1. The second kappa shape index (κ2) is 4.60. The third kappa shape index (κ3) is 2.57. The highest BCUT2D eigenvalue weighted by Gasteiger charge is 2.08. The summed E-state index contributed by atoms with van der Waals surface area (Å²) in [7, 11) is 0. The highest BCUT2D eigenvalue weighted by atomic mass is 16.2. The Morgan fingerprint density at radius 1 is 1.53 bits per heavy atom. The molecule has 0 saturated carbocycles. The normalized spacial score (nSPS) is 10.2. The zero-order chi connectivity index (χ0) is 12.3. The van der Waals surface area contributed by atoms with Crippen LogP contribution in [0.1, 0.15) is 17.4 Å². The number of hydrogen-bond acceptors (Lipinski definition) is 4. The maximum absolute atomic E-state index is 11.7. The van der Waals surface area contributed by atoms with Crippen LogP contribution in [-0.2, 0) is 6.54 Å². The fraction of sp³-hybridized carbons (Fsp3) is 0.200. The van der Waals surface area contributed by atoms with Crippen LogP contribution < -0.4 is 10.9 Å². The van der Waals surface area contributed by atoms with Crippen LogP contribution in [0, 0.1) is 0 Å². The number of anilines is 1. The van der Waals surface area contributed by atoms with Crippen LogP contribution in [0.5, 0.6) is 0 Å². The second-order valence-corrected chi connectivity index (χ2v) is 3.35. The Hall–Kier alpha value is -2.44. The van der Waals surface area contributed by atoms with Crippen LogP contribution >= 0.6 is 0 Å². The molecule has 2 N–H and O–H groups in total. The molecule has 7 heteroatoms. The molecule has 17 heavy (non-hydrogen) atoms. The smallest absolute Gasteiger partial charge is 0.276 e. The van der Waals surface area contributed by atoms with Crippen molar-refractivity contribution in [2.45, 2.75) is 13.5 Å². The van der Waals surface area contributed by atoms with Crippen LogP contribution in [0.2, 0.25) is 0 Å². The molecule has 0 aliphatic carbocycles. The van der Waals surface area contributed by atoms with Crippen molar-refractivity contribution >= 4 is 11.6 Å². The molecule has 0 saturated heterocycles. The Morgan fingerprint density at radius 2 is 2.35 bits per heavy atom. The van der Waals surface area contributed by atoms with Crippen molar-refractivity contribution in [1.29, 1.82) is 0 Å². The number of aryl methyl sites for hydroxylation is 1. The molecule has 0 spiro atoms. The third-order valence-electron chi connectivity index (χ3n) is 2.13. The second-order valence-electron chi connectivity index (χ2n) is 3.35. The van der Waals surface area contributed by atoms with E-state index < -0.39 is 5.91 Å². The van der Waals surface area contributed by atoms with E-state index in [-0.39, 0.29) is 11.3 Å². The highest BCUT2D eigenvalue weighted by Crippen LogP contribution is 2.06. The first kappa shape index (κ1) is 11.1. The number of aromatic nitrogens is 4. The van der Waals surface area contributed by atoms with Crippen molar-refractivity contribution in [3.63, 3.8) is 0 Å². The summed E-state index contributed by atoms with van der Waals surface area (Å²) in [5.41, 5.74) is 0.388.